The molecule has 2 aromatic rings. The second-order valence-corrected chi connectivity index (χ2v) is 9.86. The molecule has 0 aromatic heterocycles. The average molecular weight is 464 g/mol. The average Bonchev–Trinajstić information content (AvgIpc) is 2.57. The van der Waals surface area contributed by atoms with Gasteiger partial charge in [-0.05, 0) is 36.1 Å². The molecule has 0 saturated heterocycles. The predicted octanol–water partition coefficient (Wildman–Crippen LogP) is 5.48. The van der Waals surface area contributed by atoms with Crippen molar-refractivity contribution in [3.8, 4) is 0 Å². The van der Waals surface area contributed by atoms with E-state index in [1.807, 2.05) is 39.0 Å². The van der Waals surface area contributed by atoms with Crippen molar-refractivity contribution in [2.75, 3.05) is 22.4 Å². The lowest BCUT2D eigenvalue weighted by atomic mass is 9.98. The standard InChI is InChI=1S/C19H21Cl3N2O3S/c1-11(2)13-7-5-6-12(3)19(13)23-18(25)10-24(28(4,26)27)17-9-15(21)14(20)8-16(17)22/h5-9,11H,10H2,1-4H3,(H,23,25). The molecular formula is C19H21Cl3N2O3S. The molecule has 0 bridgehead atoms. The summed E-state index contributed by atoms with van der Waals surface area (Å²) in [6.45, 7) is 5.46. The quantitative estimate of drug-likeness (QED) is 0.577. The molecule has 2 rings (SSSR count). The number of hydrogen-bond donors (Lipinski definition) is 1. The number of nitrogens with zero attached hydrogens (tertiary/aromatic N) is 1. The number of halogens is 3. The molecule has 1 amide bonds. The van der Waals surface area contributed by atoms with Crippen molar-refractivity contribution in [2.24, 2.45) is 0 Å². The van der Waals surface area contributed by atoms with Crippen molar-refractivity contribution in [1.29, 1.82) is 0 Å². The number of hydrogen-bond acceptors (Lipinski definition) is 3. The maximum Gasteiger partial charge on any atom is 0.245 e. The summed E-state index contributed by atoms with van der Waals surface area (Å²) in [7, 11) is -3.81. The number of para-hydroxylation sites is 1. The Morgan fingerprint density at radius 1 is 1.11 bits per heavy atom. The van der Waals surface area contributed by atoms with E-state index < -0.39 is 22.5 Å². The minimum atomic E-state index is -3.81. The molecule has 0 aliphatic carbocycles. The Morgan fingerprint density at radius 2 is 1.71 bits per heavy atom. The molecule has 5 nitrogen and oxygen atoms in total. The third-order valence-corrected chi connectivity index (χ3v) is 6.29. The van der Waals surface area contributed by atoms with E-state index in [1.165, 1.54) is 12.1 Å². The summed E-state index contributed by atoms with van der Waals surface area (Å²) >= 11 is 18.1. The Balaban J connectivity index is 2.38. The number of rotatable bonds is 6. The molecule has 2 aromatic carbocycles. The van der Waals surface area contributed by atoms with Gasteiger partial charge in [-0.2, -0.15) is 0 Å². The van der Waals surface area contributed by atoms with Gasteiger partial charge in [-0.1, -0.05) is 66.8 Å². The second kappa shape index (κ2) is 8.91. The fraction of sp³-hybridized carbons (Fsp3) is 0.316. The minimum Gasteiger partial charge on any atom is -0.324 e. The number of nitrogens with one attached hydrogen (secondary N) is 1. The van der Waals surface area contributed by atoms with Gasteiger partial charge in [-0.25, -0.2) is 8.42 Å². The number of amides is 1. The van der Waals surface area contributed by atoms with Gasteiger partial charge >= 0.3 is 0 Å². The van der Waals surface area contributed by atoms with Crippen LogP contribution < -0.4 is 9.62 Å². The van der Waals surface area contributed by atoms with Gasteiger partial charge in [0.25, 0.3) is 0 Å². The number of benzene rings is 2. The van der Waals surface area contributed by atoms with Crippen LogP contribution in [-0.4, -0.2) is 27.1 Å². The van der Waals surface area contributed by atoms with Crippen LogP contribution in [0.4, 0.5) is 11.4 Å². The first-order valence-corrected chi connectivity index (χ1v) is 11.4. The highest BCUT2D eigenvalue weighted by molar-refractivity contribution is 7.92. The monoisotopic (exact) mass is 462 g/mol. The van der Waals surface area contributed by atoms with Gasteiger partial charge in [0.1, 0.15) is 6.54 Å². The van der Waals surface area contributed by atoms with Crippen LogP contribution in [-0.2, 0) is 14.8 Å². The SMILES string of the molecule is Cc1cccc(C(C)C)c1NC(=O)CN(c1cc(Cl)c(Cl)cc1Cl)S(C)(=O)=O. The van der Waals surface area contributed by atoms with Crippen molar-refractivity contribution < 1.29 is 13.2 Å². The lowest BCUT2D eigenvalue weighted by Gasteiger charge is -2.24. The van der Waals surface area contributed by atoms with Crippen LogP contribution in [0.3, 0.4) is 0 Å². The highest BCUT2D eigenvalue weighted by Gasteiger charge is 2.25. The topological polar surface area (TPSA) is 66.5 Å². The smallest absolute Gasteiger partial charge is 0.245 e. The maximum atomic E-state index is 12.7. The van der Waals surface area contributed by atoms with Crippen LogP contribution in [0.2, 0.25) is 15.1 Å². The number of sulfonamides is 1. The van der Waals surface area contributed by atoms with E-state index in [0.29, 0.717) is 5.69 Å². The minimum absolute atomic E-state index is 0.0754. The molecule has 1 N–H and O–H groups in total. The molecule has 0 aliphatic rings. The van der Waals surface area contributed by atoms with Gasteiger partial charge in [0.05, 0.1) is 27.0 Å². The molecule has 152 valence electrons. The van der Waals surface area contributed by atoms with Crippen LogP contribution >= 0.6 is 34.8 Å². The summed E-state index contributed by atoms with van der Waals surface area (Å²) in [5.41, 5.74) is 2.61. The van der Waals surface area contributed by atoms with E-state index in [-0.39, 0.29) is 26.7 Å². The van der Waals surface area contributed by atoms with E-state index >= 15 is 0 Å². The largest absolute Gasteiger partial charge is 0.324 e. The first-order chi connectivity index (χ1) is 12.9. The van der Waals surface area contributed by atoms with Gasteiger partial charge in [0.15, 0.2) is 0 Å². The van der Waals surface area contributed by atoms with Crippen LogP contribution in [0.15, 0.2) is 30.3 Å². The maximum absolute atomic E-state index is 12.7. The molecule has 0 aliphatic heterocycles. The van der Waals surface area contributed by atoms with Crippen LogP contribution in [0.5, 0.6) is 0 Å². The zero-order valence-electron chi connectivity index (χ0n) is 15.9. The summed E-state index contributed by atoms with van der Waals surface area (Å²) in [6, 6.07) is 8.39. The summed E-state index contributed by atoms with van der Waals surface area (Å²) < 4.78 is 25.5. The highest BCUT2D eigenvalue weighted by atomic mass is 35.5. The Morgan fingerprint density at radius 3 is 2.29 bits per heavy atom. The van der Waals surface area contributed by atoms with E-state index in [0.717, 1.165) is 21.7 Å². The molecule has 0 radical (unpaired) electrons. The highest BCUT2D eigenvalue weighted by Crippen LogP contribution is 2.35. The van der Waals surface area contributed by atoms with Crippen molar-refractivity contribution >= 4 is 62.1 Å². The molecule has 28 heavy (non-hydrogen) atoms. The zero-order chi connectivity index (χ0) is 21.2. The van der Waals surface area contributed by atoms with E-state index in [9.17, 15) is 13.2 Å². The molecule has 9 heteroatoms. The first kappa shape index (κ1) is 22.8. The van der Waals surface area contributed by atoms with Crippen molar-refractivity contribution in [3.05, 3.63) is 56.5 Å². The predicted molar refractivity (Wildman–Crippen MR) is 118 cm³/mol. The first-order valence-electron chi connectivity index (χ1n) is 8.43. The number of anilines is 2. The van der Waals surface area contributed by atoms with E-state index in [1.54, 1.807) is 0 Å². The second-order valence-electron chi connectivity index (χ2n) is 6.73. The molecular weight excluding hydrogens is 443 g/mol. The van der Waals surface area contributed by atoms with Crippen LogP contribution in [0, 0.1) is 6.92 Å². The Bertz CT molecular complexity index is 1010. The molecule has 0 atom stereocenters. The Hall–Kier alpha value is -1.47. The van der Waals surface area contributed by atoms with Crippen molar-refractivity contribution in [2.45, 2.75) is 26.7 Å². The summed E-state index contributed by atoms with van der Waals surface area (Å²) in [6.07, 6.45) is 0.992. The molecule has 0 unspecified atom stereocenters. The lowest BCUT2D eigenvalue weighted by Crippen LogP contribution is -2.37. The molecule has 0 fully saturated rings. The van der Waals surface area contributed by atoms with Gasteiger partial charge in [-0.15, -0.1) is 0 Å². The summed E-state index contributed by atoms with van der Waals surface area (Å²) in [5.74, 6) is -0.311. The lowest BCUT2D eigenvalue weighted by molar-refractivity contribution is -0.114. The zero-order valence-corrected chi connectivity index (χ0v) is 19.0. The van der Waals surface area contributed by atoms with Gasteiger partial charge < -0.3 is 5.32 Å². The third-order valence-electron chi connectivity index (χ3n) is 4.14. The van der Waals surface area contributed by atoms with E-state index in [4.69, 9.17) is 34.8 Å². The van der Waals surface area contributed by atoms with Gasteiger partial charge in [0.2, 0.25) is 15.9 Å². The molecule has 0 heterocycles. The van der Waals surface area contributed by atoms with E-state index in [2.05, 4.69) is 5.32 Å². The van der Waals surface area contributed by atoms with Gasteiger partial charge in [-0.3, -0.25) is 9.10 Å². The third kappa shape index (κ3) is 5.32. The molecule has 0 saturated carbocycles. The number of carbonyl (C=O) groups is 1. The summed E-state index contributed by atoms with van der Waals surface area (Å²) in [5, 5.41) is 3.23. The van der Waals surface area contributed by atoms with Crippen LogP contribution in [0.1, 0.15) is 30.9 Å². The van der Waals surface area contributed by atoms with Crippen molar-refractivity contribution in [3.63, 3.8) is 0 Å². The molecule has 0 spiro atoms. The number of aryl methyl sites for hydroxylation is 1. The number of carbonyl (C=O) groups excluding carboxylic acids is 1. The Kier molecular flexibility index (Phi) is 7.26. The fourth-order valence-corrected chi connectivity index (χ4v) is 4.29. The van der Waals surface area contributed by atoms with Gasteiger partial charge in [0, 0.05) is 5.69 Å². The van der Waals surface area contributed by atoms with Crippen LogP contribution in [0.25, 0.3) is 0 Å². The van der Waals surface area contributed by atoms with Crippen molar-refractivity contribution in [1.82, 2.24) is 0 Å². The normalized spacial score (nSPS) is 11.6. The Labute approximate surface area is 180 Å². The fourth-order valence-electron chi connectivity index (χ4n) is 2.74. The summed E-state index contributed by atoms with van der Waals surface area (Å²) in [4.78, 5) is 12.7.